The minimum atomic E-state index is -0.0284. The summed E-state index contributed by atoms with van der Waals surface area (Å²) in [7, 11) is 0. The molecule has 0 spiro atoms. The molecule has 1 heterocycles. The molecule has 1 aromatic heterocycles. The van der Waals surface area contributed by atoms with Gasteiger partial charge in [-0.15, -0.1) is 11.3 Å². The molecule has 6 heteroatoms. The van der Waals surface area contributed by atoms with Crippen LogP contribution in [0.3, 0.4) is 0 Å². The van der Waals surface area contributed by atoms with Crippen molar-refractivity contribution in [3.05, 3.63) is 80.8 Å². The van der Waals surface area contributed by atoms with E-state index in [1.165, 1.54) is 11.3 Å². The van der Waals surface area contributed by atoms with Crippen LogP contribution in [0.1, 0.15) is 22.4 Å². The van der Waals surface area contributed by atoms with Gasteiger partial charge < -0.3 is 5.32 Å². The zero-order valence-corrected chi connectivity index (χ0v) is 15.7. The maximum atomic E-state index is 12.1. The summed E-state index contributed by atoms with van der Waals surface area (Å²) in [5.41, 5.74) is 2.21. The number of aryl methyl sites for hydroxylation is 1. The van der Waals surface area contributed by atoms with E-state index in [-0.39, 0.29) is 5.91 Å². The van der Waals surface area contributed by atoms with Crippen LogP contribution >= 0.6 is 34.5 Å². The maximum Gasteiger partial charge on any atom is 0.226 e. The lowest BCUT2D eigenvalue weighted by Crippen LogP contribution is -2.11. The van der Waals surface area contributed by atoms with Gasteiger partial charge in [0.1, 0.15) is 0 Å². The van der Waals surface area contributed by atoms with E-state index in [2.05, 4.69) is 10.3 Å². The van der Waals surface area contributed by atoms with E-state index in [4.69, 9.17) is 23.2 Å². The Balaban J connectivity index is 1.54. The van der Waals surface area contributed by atoms with Crippen LogP contribution in [-0.2, 0) is 17.6 Å². The molecule has 0 aliphatic carbocycles. The highest BCUT2D eigenvalue weighted by atomic mass is 35.5. The van der Waals surface area contributed by atoms with Crippen molar-refractivity contribution in [3.8, 4) is 0 Å². The molecule has 3 nitrogen and oxygen atoms in total. The minimum Gasteiger partial charge on any atom is -0.302 e. The maximum absolute atomic E-state index is 12.1. The number of hydrogen-bond donors (Lipinski definition) is 1. The highest BCUT2D eigenvalue weighted by Crippen LogP contribution is 2.26. The number of thiazole rings is 1. The second kappa shape index (κ2) is 8.48. The van der Waals surface area contributed by atoms with Gasteiger partial charge in [0.2, 0.25) is 5.91 Å². The van der Waals surface area contributed by atoms with Crippen molar-refractivity contribution in [3.63, 3.8) is 0 Å². The quantitative estimate of drug-likeness (QED) is 0.593. The fourth-order valence-corrected chi connectivity index (χ4v) is 3.57. The molecule has 0 atom stereocenters. The van der Waals surface area contributed by atoms with E-state index in [0.717, 1.165) is 16.0 Å². The third-order valence-electron chi connectivity index (χ3n) is 3.65. The average molecular weight is 391 g/mol. The zero-order chi connectivity index (χ0) is 17.6. The molecule has 2 aromatic carbocycles. The van der Waals surface area contributed by atoms with Crippen LogP contribution in [0.2, 0.25) is 10.0 Å². The molecule has 1 N–H and O–H groups in total. The lowest BCUT2D eigenvalue weighted by Gasteiger charge is -2.02. The Kier molecular flexibility index (Phi) is 6.08. The summed E-state index contributed by atoms with van der Waals surface area (Å²) in [6, 6.07) is 15.5. The number of nitrogens with zero attached hydrogens (tertiary/aromatic N) is 1. The van der Waals surface area contributed by atoms with Crippen LogP contribution in [0.4, 0.5) is 5.13 Å². The first kappa shape index (κ1) is 17.9. The first-order chi connectivity index (χ1) is 12.1. The van der Waals surface area contributed by atoms with Crippen molar-refractivity contribution >= 4 is 45.6 Å². The fourth-order valence-electron chi connectivity index (χ4n) is 2.38. The van der Waals surface area contributed by atoms with Crippen molar-refractivity contribution in [2.24, 2.45) is 0 Å². The van der Waals surface area contributed by atoms with Gasteiger partial charge in [0.05, 0.1) is 10.0 Å². The molecule has 0 radical (unpaired) electrons. The summed E-state index contributed by atoms with van der Waals surface area (Å²) >= 11 is 13.4. The number of nitrogens with one attached hydrogen (secondary N) is 1. The standard InChI is InChI=1S/C19H16Cl2N2OS/c20-16-8-6-14(11-17(16)21)10-15-12-22-19(25-15)23-18(24)9-7-13-4-2-1-3-5-13/h1-6,8,11-12H,7,9-10H2,(H,22,23,24). The summed E-state index contributed by atoms with van der Waals surface area (Å²) < 4.78 is 0. The molecule has 3 rings (SSSR count). The van der Waals surface area contributed by atoms with E-state index in [9.17, 15) is 4.79 Å². The third kappa shape index (κ3) is 5.30. The van der Waals surface area contributed by atoms with Gasteiger partial charge in [-0.2, -0.15) is 0 Å². The lowest BCUT2D eigenvalue weighted by molar-refractivity contribution is -0.116. The van der Waals surface area contributed by atoms with Gasteiger partial charge >= 0.3 is 0 Å². The molecule has 0 unspecified atom stereocenters. The number of hydrogen-bond acceptors (Lipinski definition) is 3. The van der Waals surface area contributed by atoms with Gasteiger partial charge in [-0.3, -0.25) is 4.79 Å². The summed E-state index contributed by atoms with van der Waals surface area (Å²) in [5, 5.41) is 4.56. The van der Waals surface area contributed by atoms with Crippen LogP contribution in [0.5, 0.6) is 0 Å². The van der Waals surface area contributed by atoms with Gasteiger partial charge in [0, 0.05) is 23.9 Å². The number of amides is 1. The largest absolute Gasteiger partial charge is 0.302 e. The smallest absolute Gasteiger partial charge is 0.226 e. The van der Waals surface area contributed by atoms with E-state index in [0.29, 0.717) is 34.4 Å². The Morgan fingerprint density at radius 2 is 1.84 bits per heavy atom. The Labute approximate surface area is 160 Å². The highest BCUT2D eigenvalue weighted by Gasteiger charge is 2.08. The van der Waals surface area contributed by atoms with Gasteiger partial charge in [-0.25, -0.2) is 4.98 Å². The monoisotopic (exact) mass is 390 g/mol. The SMILES string of the molecule is O=C(CCc1ccccc1)Nc1ncc(Cc2ccc(Cl)c(Cl)c2)s1. The Morgan fingerprint density at radius 3 is 2.60 bits per heavy atom. The number of carbonyl (C=O) groups is 1. The molecule has 0 bridgehead atoms. The van der Waals surface area contributed by atoms with Crippen LogP contribution in [0.15, 0.2) is 54.7 Å². The Morgan fingerprint density at radius 1 is 1.04 bits per heavy atom. The van der Waals surface area contributed by atoms with Gasteiger partial charge in [0.25, 0.3) is 0 Å². The number of aromatic nitrogens is 1. The van der Waals surface area contributed by atoms with Crippen molar-refractivity contribution < 1.29 is 4.79 Å². The second-order valence-electron chi connectivity index (χ2n) is 5.59. The topological polar surface area (TPSA) is 42.0 Å². The van der Waals surface area contributed by atoms with Crippen LogP contribution in [0, 0.1) is 0 Å². The number of benzene rings is 2. The molecule has 3 aromatic rings. The van der Waals surface area contributed by atoms with Crippen LogP contribution in [0.25, 0.3) is 0 Å². The van der Waals surface area contributed by atoms with Gasteiger partial charge in [-0.05, 0) is 29.7 Å². The summed E-state index contributed by atoms with van der Waals surface area (Å²) in [4.78, 5) is 17.4. The predicted octanol–water partition coefficient (Wildman–Crippen LogP) is 5.61. The number of halogens is 2. The van der Waals surface area contributed by atoms with E-state index >= 15 is 0 Å². The average Bonchev–Trinajstić information content (AvgIpc) is 3.04. The molecule has 128 valence electrons. The second-order valence-corrected chi connectivity index (χ2v) is 7.52. The molecular weight excluding hydrogens is 375 g/mol. The van der Waals surface area contributed by atoms with Crippen molar-refractivity contribution in [1.29, 1.82) is 0 Å². The van der Waals surface area contributed by atoms with E-state index in [1.807, 2.05) is 42.5 Å². The predicted molar refractivity (Wildman–Crippen MR) is 105 cm³/mol. The summed E-state index contributed by atoms with van der Waals surface area (Å²) in [5.74, 6) is -0.0284. The first-order valence-corrected chi connectivity index (χ1v) is 9.40. The first-order valence-electron chi connectivity index (χ1n) is 7.82. The fraction of sp³-hybridized carbons (Fsp3) is 0.158. The molecule has 0 fully saturated rings. The summed E-state index contributed by atoms with van der Waals surface area (Å²) in [6.45, 7) is 0. The van der Waals surface area contributed by atoms with Crippen LogP contribution < -0.4 is 5.32 Å². The van der Waals surface area contributed by atoms with E-state index in [1.54, 1.807) is 12.3 Å². The van der Waals surface area contributed by atoms with Crippen molar-refractivity contribution in [2.75, 3.05) is 5.32 Å². The van der Waals surface area contributed by atoms with Crippen molar-refractivity contribution in [1.82, 2.24) is 4.98 Å². The molecule has 0 aliphatic rings. The van der Waals surface area contributed by atoms with E-state index < -0.39 is 0 Å². The Hall–Kier alpha value is -1.88. The highest BCUT2D eigenvalue weighted by molar-refractivity contribution is 7.15. The zero-order valence-electron chi connectivity index (χ0n) is 13.3. The van der Waals surface area contributed by atoms with Crippen LogP contribution in [-0.4, -0.2) is 10.9 Å². The Bertz CT molecular complexity index is 865. The number of anilines is 1. The number of rotatable bonds is 6. The molecule has 1 amide bonds. The minimum absolute atomic E-state index is 0.0284. The molecule has 25 heavy (non-hydrogen) atoms. The molecule has 0 saturated heterocycles. The lowest BCUT2D eigenvalue weighted by atomic mass is 10.1. The number of carbonyl (C=O) groups excluding carboxylic acids is 1. The van der Waals surface area contributed by atoms with Gasteiger partial charge in [0.15, 0.2) is 5.13 Å². The molecule has 0 aliphatic heterocycles. The normalized spacial score (nSPS) is 10.6. The van der Waals surface area contributed by atoms with Crippen molar-refractivity contribution in [2.45, 2.75) is 19.3 Å². The molecular formula is C19H16Cl2N2OS. The summed E-state index contributed by atoms with van der Waals surface area (Å²) in [6.07, 6.45) is 3.63. The molecule has 0 saturated carbocycles. The van der Waals surface area contributed by atoms with Gasteiger partial charge in [-0.1, -0.05) is 59.6 Å². The third-order valence-corrected chi connectivity index (χ3v) is 5.30.